The van der Waals surface area contributed by atoms with Crippen molar-refractivity contribution in [3.05, 3.63) is 66.0 Å². The summed E-state index contributed by atoms with van der Waals surface area (Å²) in [6, 6.07) is 18.5. The first-order valence-corrected chi connectivity index (χ1v) is 7.05. The lowest BCUT2D eigenvalue weighted by Gasteiger charge is -2.03. The van der Waals surface area contributed by atoms with E-state index in [0.29, 0.717) is 17.2 Å². The summed E-state index contributed by atoms with van der Waals surface area (Å²) >= 11 is 0. The number of phenols is 1. The number of nitrogens with zero attached hydrogens (tertiary/aromatic N) is 4. The van der Waals surface area contributed by atoms with Crippen LogP contribution in [-0.4, -0.2) is 19.9 Å². The van der Waals surface area contributed by atoms with Crippen LogP contribution in [0.1, 0.15) is 11.4 Å². The Bertz CT molecular complexity index is 887. The lowest BCUT2D eigenvalue weighted by molar-refractivity contribution is 0.475. The van der Waals surface area contributed by atoms with Crippen molar-refractivity contribution in [3.63, 3.8) is 0 Å². The van der Waals surface area contributed by atoms with Crippen LogP contribution in [0.5, 0.6) is 5.75 Å². The molecule has 112 valence electrons. The number of aromatic hydroxyl groups is 1. The van der Waals surface area contributed by atoms with Gasteiger partial charge < -0.3 is 9.67 Å². The minimum absolute atomic E-state index is 0.186. The highest BCUT2D eigenvalue weighted by molar-refractivity contribution is 5.87. The molecule has 3 aromatic rings. The molecule has 1 heterocycles. The summed E-state index contributed by atoms with van der Waals surface area (Å²) < 4.78 is 1.80. The van der Waals surface area contributed by atoms with Gasteiger partial charge in [-0.05, 0) is 23.8 Å². The van der Waals surface area contributed by atoms with Crippen LogP contribution in [0.25, 0.3) is 23.0 Å². The molecule has 1 aromatic heterocycles. The molecule has 1 N–H and O–H groups in total. The van der Waals surface area contributed by atoms with E-state index >= 15 is 0 Å². The van der Waals surface area contributed by atoms with Crippen LogP contribution in [0.3, 0.4) is 0 Å². The second kappa shape index (κ2) is 6.16. The fourth-order valence-electron chi connectivity index (χ4n) is 2.29. The van der Waals surface area contributed by atoms with E-state index < -0.39 is 0 Å². The van der Waals surface area contributed by atoms with E-state index in [2.05, 4.69) is 16.3 Å². The number of nitriles is 1. The minimum atomic E-state index is 0.186. The van der Waals surface area contributed by atoms with Crippen LogP contribution >= 0.6 is 0 Å². The topological polar surface area (TPSA) is 74.7 Å². The quantitative estimate of drug-likeness (QED) is 0.754. The van der Waals surface area contributed by atoms with E-state index in [-0.39, 0.29) is 5.75 Å². The van der Waals surface area contributed by atoms with Crippen molar-refractivity contribution < 1.29 is 5.11 Å². The first kappa shape index (κ1) is 14.5. The number of hydrogen-bond donors (Lipinski definition) is 1. The normalized spacial score (nSPS) is 11.2. The number of allylic oxidation sites excluding steroid dienone is 1. The van der Waals surface area contributed by atoms with Crippen LogP contribution in [0, 0.1) is 11.3 Å². The molecule has 3 rings (SSSR count). The third kappa shape index (κ3) is 2.97. The Labute approximate surface area is 133 Å². The number of aromatic nitrogens is 3. The molecule has 0 saturated heterocycles. The van der Waals surface area contributed by atoms with Gasteiger partial charge in [0, 0.05) is 12.6 Å². The van der Waals surface area contributed by atoms with Crippen molar-refractivity contribution in [3.8, 4) is 23.2 Å². The van der Waals surface area contributed by atoms with Gasteiger partial charge in [0.15, 0.2) is 11.6 Å². The molecule has 0 radical (unpaired) electrons. The van der Waals surface area contributed by atoms with Gasteiger partial charge in [0.1, 0.15) is 11.8 Å². The molecule has 0 unspecified atom stereocenters. The van der Waals surface area contributed by atoms with E-state index in [4.69, 9.17) is 0 Å². The van der Waals surface area contributed by atoms with Crippen LogP contribution in [-0.2, 0) is 7.05 Å². The van der Waals surface area contributed by atoms with Gasteiger partial charge >= 0.3 is 0 Å². The molecule has 0 spiro atoms. The van der Waals surface area contributed by atoms with Gasteiger partial charge in [-0.25, -0.2) is 0 Å². The average Bonchev–Trinajstić information content (AvgIpc) is 2.97. The van der Waals surface area contributed by atoms with Crippen molar-refractivity contribution in [1.29, 1.82) is 5.26 Å². The fourth-order valence-corrected chi connectivity index (χ4v) is 2.29. The number of hydrogen-bond acceptors (Lipinski definition) is 4. The third-order valence-corrected chi connectivity index (χ3v) is 3.47. The van der Waals surface area contributed by atoms with E-state index in [0.717, 1.165) is 11.1 Å². The zero-order chi connectivity index (χ0) is 16.2. The zero-order valence-electron chi connectivity index (χ0n) is 12.5. The molecule has 23 heavy (non-hydrogen) atoms. The van der Waals surface area contributed by atoms with Gasteiger partial charge in [0.2, 0.25) is 0 Å². The summed E-state index contributed by atoms with van der Waals surface area (Å²) in [6.45, 7) is 0. The molecule has 0 fully saturated rings. The molecule has 0 aliphatic carbocycles. The molecule has 0 atom stereocenters. The maximum atomic E-state index is 9.45. The zero-order valence-corrected chi connectivity index (χ0v) is 12.5. The molecule has 0 bridgehead atoms. The standard InChI is InChI=1S/C18H14N4O/c1-22-17(14-5-3-2-4-6-14)20-21-18(22)15(12-19)11-13-7-9-16(23)10-8-13/h2-11,23H,1H3/b15-11-. The van der Waals surface area contributed by atoms with Gasteiger partial charge in [0.25, 0.3) is 0 Å². The van der Waals surface area contributed by atoms with Gasteiger partial charge in [0.05, 0.1) is 5.57 Å². The summed E-state index contributed by atoms with van der Waals surface area (Å²) in [4.78, 5) is 0. The van der Waals surface area contributed by atoms with Gasteiger partial charge in [-0.3, -0.25) is 0 Å². The van der Waals surface area contributed by atoms with Gasteiger partial charge in [-0.1, -0.05) is 42.5 Å². The van der Waals surface area contributed by atoms with E-state index in [1.807, 2.05) is 37.4 Å². The second-order valence-electron chi connectivity index (χ2n) is 5.03. The Morgan fingerprint density at radius 2 is 1.78 bits per heavy atom. The predicted octanol–water partition coefficient (Wildman–Crippen LogP) is 3.25. The Balaban J connectivity index is 2.02. The summed E-state index contributed by atoms with van der Waals surface area (Å²) in [7, 11) is 1.83. The highest BCUT2D eigenvalue weighted by Gasteiger charge is 2.14. The van der Waals surface area contributed by atoms with Crippen molar-refractivity contribution in [2.45, 2.75) is 0 Å². The Kier molecular flexibility index (Phi) is 3.89. The molecule has 0 saturated carbocycles. The summed E-state index contributed by atoms with van der Waals surface area (Å²) in [6.07, 6.45) is 1.72. The highest BCUT2D eigenvalue weighted by atomic mass is 16.3. The monoisotopic (exact) mass is 302 g/mol. The summed E-state index contributed by atoms with van der Waals surface area (Å²) in [5.74, 6) is 1.39. The maximum absolute atomic E-state index is 9.45. The number of phenolic OH excluding ortho intramolecular Hbond substituents is 1. The van der Waals surface area contributed by atoms with E-state index in [1.165, 1.54) is 0 Å². The molecule has 2 aromatic carbocycles. The molecular weight excluding hydrogens is 288 g/mol. The molecule has 5 nitrogen and oxygen atoms in total. The van der Waals surface area contributed by atoms with Crippen molar-refractivity contribution in [2.75, 3.05) is 0 Å². The van der Waals surface area contributed by atoms with E-state index in [9.17, 15) is 10.4 Å². The SMILES string of the molecule is Cn1c(/C(C#N)=C\c2ccc(O)cc2)nnc1-c1ccccc1. The molecule has 0 aliphatic heterocycles. The summed E-state index contributed by atoms with van der Waals surface area (Å²) in [5, 5.41) is 27.1. The van der Waals surface area contributed by atoms with Crippen LogP contribution < -0.4 is 0 Å². The average molecular weight is 302 g/mol. The Hall–Kier alpha value is -3.39. The first-order valence-electron chi connectivity index (χ1n) is 7.05. The third-order valence-electron chi connectivity index (χ3n) is 3.47. The van der Waals surface area contributed by atoms with Crippen LogP contribution in [0.4, 0.5) is 0 Å². The Morgan fingerprint density at radius 1 is 1.09 bits per heavy atom. The van der Waals surface area contributed by atoms with Crippen LogP contribution in [0.15, 0.2) is 54.6 Å². The van der Waals surface area contributed by atoms with Gasteiger partial charge in [-0.15, -0.1) is 10.2 Å². The molecule has 5 heteroatoms. The first-order chi connectivity index (χ1) is 11.2. The van der Waals surface area contributed by atoms with Crippen molar-refractivity contribution in [2.24, 2.45) is 7.05 Å². The lowest BCUT2D eigenvalue weighted by Crippen LogP contribution is -1.98. The smallest absolute Gasteiger partial charge is 0.174 e. The molecular formula is C18H14N4O. The van der Waals surface area contributed by atoms with Crippen molar-refractivity contribution >= 4 is 11.6 Å². The number of rotatable bonds is 3. The second-order valence-corrected chi connectivity index (χ2v) is 5.03. The van der Waals surface area contributed by atoms with Crippen molar-refractivity contribution in [1.82, 2.24) is 14.8 Å². The molecule has 0 aliphatic rings. The fraction of sp³-hybridized carbons (Fsp3) is 0.0556. The van der Waals surface area contributed by atoms with Crippen LogP contribution in [0.2, 0.25) is 0 Å². The predicted molar refractivity (Wildman–Crippen MR) is 88.0 cm³/mol. The van der Waals surface area contributed by atoms with E-state index in [1.54, 1.807) is 34.9 Å². The summed E-state index contributed by atoms with van der Waals surface area (Å²) in [5.41, 5.74) is 2.16. The maximum Gasteiger partial charge on any atom is 0.174 e. The minimum Gasteiger partial charge on any atom is -0.508 e. The number of benzene rings is 2. The lowest BCUT2D eigenvalue weighted by atomic mass is 10.1. The largest absolute Gasteiger partial charge is 0.508 e. The molecule has 0 amide bonds. The van der Waals surface area contributed by atoms with Gasteiger partial charge in [-0.2, -0.15) is 5.26 Å². The Morgan fingerprint density at radius 3 is 2.43 bits per heavy atom. The highest BCUT2D eigenvalue weighted by Crippen LogP contribution is 2.22.